The number of rotatable bonds is 6. The van der Waals surface area contributed by atoms with Crippen molar-refractivity contribution in [2.24, 2.45) is 5.92 Å². The third-order valence-electron chi connectivity index (χ3n) is 6.24. The van der Waals surface area contributed by atoms with Crippen LogP contribution in [0.4, 0.5) is 5.69 Å². The highest BCUT2D eigenvalue weighted by molar-refractivity contribution is 7.92. The van der Waals surface area contributed by atoms with Gasteiger partial charge in [0.25, 0.3) is 5.91 Å². The minimum absolute atomic E-state index is 0.0639. The van der Waals surface area contributed by atoms with Crippen molar-refractivity contribution in [2.75, 3.05) is 25.0 Å². The van der Waals surface area contributed by atoms with Crippen molar-refractivity contribution in [3.63, 3.8) is 0 Å². The van der Waals surface area contributed by atoms with E-state index in [1.807, 2.05) is 18.2 Å². The first kappa shape index (κ1) is 22.3. The molecule has 170 valence electrons. The van der Waals surface area contributed by atoms with E-state index in [-0.39, 0.29) is 29.7 Å². The Morgan fingerprint density at radius 1 is 1.16 bits per heavy atom. The molecule has 2 heterocycles. The van der Waals surface area contributed by atoms with Crippen molar-refractivity contribution in [1.29, 1.82) is 0 Å². The number of amides is 2. The van der Waals surface area contributed by atoms with Gasteiger partial charge >= 0.3 is 0 Å². The Hall–Kier alpha value is -2.87. The minimum atomic E-state index is -3.73. The molecule has 2 amide bonds. The van der Waals surface area contributed by atoms with Gasteiger partial charge in [-0.05, 0) is 55.9 Å². The van der Waals surface area contributed by atoms with E-state index >= 15 is 0 Å². The number of ether oxygens (including phenoxy) is 1. The van der Waals surface area contributed by atoms with Crippen LogP contribution < -0.4 is 10.1 Å². The van der Waals surface area contributed by atoms with Gasteiger partial charge in [0.05, 0.1) is 15.8 Å². The summed E-state index contributed by atoms with van der Waals surface area (Å²) in [6.45, 7) is 2.78. The molecule has 4 rings (SSSR count). The highest BCUT2D eigenvalue weighted by Crippen LogP contribution is 2.32. The standard InChI is InChI=1S/C24H28N2O5S/c1-17(32(29,30)20-7-8-22-21(15-20)25-23(27)16-31-22)13-24(28)26-11-9-19(10-12-26)14-18-5-3-2-4-6-18/h2-8,15,17,19H,9-14,16H2,1H3,(H,25,27)/t17-/m0/s1. The molecule has 1 fully saturated rings. The lowest BCUT2D eigenvalue weighted by molar-refractivity contribution is -0.132. The number of sulfone groups is 1. The number of carbonyl (C=O) groups is 2. The predicted molar refractivity (Wildman–Crippen MR) is 121 cm³/mol. The second kappa shape index (κ2) is 9.32. The minimum Gasteiger partial charge on any atom is -0.482 e. The molecule has 0 saturated carbocycles. The molecule has 2 aromatic rings. The molecule has 2 aromatic carbocycles. The third-order valence-corrected chi connectivity index (χ3v) is 8.38. The highest BCUT2D eigenvalue weighted by Gasteiger charge is 2.30. The first-order valence-electron chi connectivity index (χ1n) is 10.9. The van der Waals surface area contributed by atoms with Crippen LogP contribution in [0.1, 0.15) is 31.7 Å². The normalized spacial score (nSPS) is 17.8. The summed E-state index contributed by atoms with van der Waals surface area (Å²) in [5, 5.41) is 1.76. The Morgan fingerprint density at radius 3 is 2.59 bits per heavy atom. The van der Waals surface area contributed by atoms with E-state index in [4.69, 9.17) is 4.74 Å². The van der Waals surface area contributed by atoms with Crippen molar-refractivity contribution < 1.29 is 22.7 Å². The summed E-state index contributed by atoms with van der Waals surface area (Å²) in [6, 6.07) is 14.7. The van der Waals surface area contributed by atoms with E-state index in [1.54, 1.807) is 11.8 Å². The number of piperidine rings is 1. The topological polar surface area (TPSA) is 92.8 Å². The third kappa shape index (κ3) is 4.96. The van der Waals surface area contributed by atoms with Crippen LogP contribution in [0.25, 0.3) is 0 Å². The maximum Gasteiger partial charge on any atom is 0.262 e. The molecule has 2 aliphatic rings. The quantitative estimate of drug-likeness (QED) is 0.721. The number of anilines is 1. The molecule has 0 bridgehead atoms. The summed E-state index contributed by atoms with van der Waals surface area (Å²) in [6.07, 6.45) is 2.79. The molecule has 1 atom stereocenters. The van der Waals surface area contributed by atoms with E-state index in [0.717, 1.165) is 19.3 Å². The zero-order valence-electron chi connectivity index (χ0n) is 18.1. The monoisotopic (exact) mass is 456 g/mol. The largest absolute Gasteiger partial charge is 0.482 e. The van der Waals surface area contributed by atoms with Crippen LogP contribution in [0, 0.1) is 5.92 Å². The Bertz CT molecular complexity index is 1090. The fraction of sp³-hybridized carbons (Fsp3) is 0.417. The highest BCUT2D eigenvalue weighted by atomic mass is 32.2. The van der Waals surface area contributed by atoms with E-state index in [0.29, 0.717) is 30.4 Å². The summed E-state index contributed by atoms with van der Waals surface area (Å²) < 4.78 is 31.4. The lowest BCUT2D eigenvalue weighted by atomic mass is 9.90. The average molecular weight is 457 g/mol. The molecule has 8 heteroatoms. The number of nitrogens with one attached hydrogen (secondary N) is 1. The van der Waals surface area contributed by atoms with Gasteiger partial charge in [-0.3, -0.25) is 9.59 Å². The van der Waals surface area contributed by atoms with Gasteiger partial charge < -0.3 is 15.0 Å². The number of nitrogens with zero attached hydrogens (tertiary/aromatic N) is 1. The Balaban J connectivity index is 1.34. The molecule has 1 N–H and O–H groups in total. The van der Waals surface area contributed by atoms with Gasteiger partial charge in [-0.15, -0.1) is 0 Å². The molecule has 0 unspecified atom stereocenters. The van der Waals surface area contributed by atoms with Gasteiger partial charge in [0.2, 0.25) is 5.91 Å². The molecule has 2 aliphatic heterocycles. The fourth-order valence-corrected chi connectivity index (χ4v) is 5.66. The van der Waals surface area contributed by atoms with Crippen molar-refractivity contribution in [3.8, 4) is 5.75 Å². The Labute approximate surface area is 188 Å². The molecule has 0 spiro atoms. The first-order valence-corrected chi connectivity index (χ1v) is 12.5. The lowest BCUT2D eigenvalue weighted by Crippen LogP contribution is -2.40. The molecule has 0 aromatic heterocycles. The molecular formula is C24H28N2O5S. The van der Waals surface area contributed by atoms with Crippen molar-refractivity contribution >= 4 is 27.3 Å². The fourth-order valence-electron chi connectivity index (χ4n) is 4.29. The zero-order valence-corrected chi connectivity index (χ0v) is 18.9. The molecule has 7 nitrogen and oxygen atoms in total. The molecular weight excluding hydrogens is 428 g/mol. The second-order valence-corrected chi connectivity index (χ2v) is 10.9. The van der Waals surface area contributed by atoms with Crippen LogP contribution in [0.15, 0.2) is 53.4 Å². The predicted octanol–water partition coefficient (Wildman–Crippen LogP) is 3.05. The molecule has 32 heavy (non-hydrogen) atoms. The van der Waals surface area contributed by atoms with Crippen molar-refractivity contribution in [2.45, 2.75) is 42.8 Å². The smallest absolute Gasteiger partial charge is 0.262 e. The van der Waals surface area contributed by atoms with Crippen LogP contribution in [-0.2, 0) is 25.8 Å². The summed E-state index contributed by atoms with van der Waals surface area (Å²) >= 11 is 0. The molecule has 1 saturated heterocycles. The van der Waals surface area contributed by atoms with Gasteiger partial charge in [-0.25, -0.2) is 8.42 Å². The number of fused-ring (bicyclic) bond motifs is 1. The van der Waals surface area contributed by atoms with Crippen LogP contribution in [0.5, 0.6) is 5.75 Å². The number of benzene rings is 2. The number of hydrogen-bond acceptors (Lipinski definition) is 5. The number of carbonyl (C=O) groups excluding carboxylic acids is 2. The van der Waals surface area contributed by atoms with E-state index < -0.39 is 15.1 Å². The average Bonchev–Trinajstić information content (AvgIpc) is 2.79. The summed E-state index contributed by atoms with van der Waals surface area (Å²) in [5.74, 6) is 0.515. The maximum absolute atomic E-state index is 13.0. The van der Waals surface area contributed by atoms with Gasteiger partial charge in [-0.1, -0.05) is 30.3 Å². The summed E-state index contributed by atoms with van der Waals surface area (Å²) in [5.41, 5.74) is 1.64. The van der Waals surface area contributed by atoms with Crippen LogP contribution in [0.2, 0.25) is 0 Å². The van der Waals surface area contributed by atoms with E-state index in [9.17, 15) is 18.0 Å². The number of likely N-dealkylation sites (tertiary alicyclic amines) is 1. The zero-order chi connectivity index (χ0) is 22.7. The van der Waals surface area contributed by atoms with E-state index in [2.05, 4.69) is 17.4 Å². The lowest BCUT2D eigenvalue weighted by Gasteiger charge is -2.32. The van der Waals surface area contributed by atoms with E-state index in [1.165, 1.54) is 23.8 Å². The second-order valence-electron chi connectivity index (χ2n) is 8.57. The van der Waals surface area contributed by atoms with Gasteiger partial charge in [-0.2, -0.15) is 0 Å². The first-order chi connectivity index (χ1) is 15.3. The van der Waals surface area contributed by atoms with Gasteiger partial charge in [0.15, 0.2) is 16.4 Å². The maximum atomic E-state index is 13.0. The molecule has 0 aliphatic carbocycles. The Kier molecular flexibility index (Phi) is 6.50. The number of hydrogen-bond donors (Lipinski definition) is 1. The van der Waals surface area contributed by atoms with Crippen molar-refractivity contribution in [3.05, 3.63) is 54.1 Å². The van der Waals surface area contributed by atoms with Gasteiger partial charge in [0.1, 0.15) is 5.75 Å². The van der Waals surface area contributed by atoms with Crippen molar-refractivity contribution in [1.82, 2.24) is 4.90 Å². The van der Waals surface area contributed by atoms with Gasteiger partial charge in [0, 0.05) is 19.5 Å². The van der Waals surface area contributed by atoms with Crippen LogP contribution in [0.3, 0.4) is 0 Å². The summed E-state index contributed by atoms with van der Waals surface area (Å²) in [7, 11) is -3.73. The molecule has 0 radical (unpaired) electrons. The van der Waals surface area contributed by atoms with Crippen LogP contribution in [-0.4, -0.2) is 50.1 Å². The summed E-state index contributed by atoms with van der Waals surface area (Å²) in [4.78, 5) is 26.2. The SMILES string of the molecule is C[C@@H](CC(=O)N1CCC(Cc2ccccc2)CC1)S(=O)(=O)c1ccc2c(c1)NC(=O)CO2. The van der Waals surface area contributed by atoms with Crippen LogP contribution >= 0.6 is 0 Å². The Morgan fingerprint density at radius 2 is 1.88 bits per heavy atom.